The van der Waals surface area contributed by atoms with Crippen LogP contribution < -0.4 is 15.5 Å². The normalized spacial score (nSPS) is 13.7. The molecule has 1 aliphatic heterocycles. The van der Waals surface area contributed by atoms with Crippen molar-refractivity contribution in [2.24, 2.45) is 0 Å². The molecular formula is C20H26N6O3S. The van der Waals surface area contributed by atoms with E-state index in [1.54, 1.807) is 6.08 Å². The lowest BCUT2D eigenvalue weighted by Crippen LogP contribution is -2.40. The molecule has 1 fully saturated rings. The Morgan fingerprint density at radius 2 is 2.03 bits per heavy atom. The van der Waals surface area contributed by atoms with E-state index in [-0.39, 0.29) is 12.3 Å². The minimum atomic E-state index is -0.549. The van der Waals surface area contributed by atoms with Crippen LogP contribution in [0.4, 0.5) is 10.7 Å². The van der Waals surface area contributed by atoms with Crippen LogP contribution in [0.2, 0.25) is 0 Å². The lowest BCUT2D eigenvalue weighted by molar-refractivity contribution is -0.117. The predicted octanol–water partition coefficient (Wildman–Crippen LogP) is 1.77. The molecule has 1 saturated heterocycles. The predicted molar refractivity (Wildman–Crippen MR) is 116 cm³/mol. The molecule has 10 heteroatoms. The number of urea groups is 1. The minimum Gasteiger partial charge on any atom is -0.378 e. The van der Waals surface area contributed by atoms with Crippen LogP contribution in [0, 0.1) is 0 Å². The fourth-order valence-electron chi connectivity index (χ4n) is 3.06. The van der Waals surface area contributed by atoms with Crippen LogP contribution in [0.25, 0.3) is 5.69 Å². The Morgan fingerprint density at radius 1 is 1.27 bits per heavy atom. The molecule has 160 valence electrons. The van der Waals surface area contributed by atoms with Gasteiger partial charge in [-0.25, -0.2) is 4.79 Å². The van der Waals surface area contributed by atoms with Crippen molar-refractivity contribution in [2.45, 2.75) is 18.5 Å². The van der Waals surface area contributed by atoms with Crippen LogP contribution in [-0.2, 0) is 16.0 Å². The van der Waals surface area contributed by atoms with Gasteiger partial charge in [0.2, 0.25) is 11.9 Å². The Kier molecular flexibility index (Phi) is 7.86. The molecule has 1 aromatic heterocycles. The van der Waals surface area contributed by atoms with Crippen LogP contribution in [0.5, 0.6) is 0 Å². The van der Waals surface area contributed by atoms with Gasteiger partial charge in [-0.15, -0.1) is 16.8 Å². The summed E-state index contributed by atoms with van der Waals surface area (Å²) in [5.41, 5.74) is 2.14. The number of rotatable bonds is 8. The van der Waals surface area contributed by atoms with Gasteiger partial charge in [0.25, 0.3) is 0 Å². The molecule has 0 radical (unpaired) electrons. The molecule has 2 N–H and O–H groups in total. The second kappa shape index (κ2) is 10.8. The maximum absolute atomic E-state index is 12.2. The number of morpholine rings is 1. The fraction of sp³-hybridized carbons (Fsp3) is 0.400. The Bertz CT molecular complexity index is 894. The minimum absolute atomic E-state index is 0.0387. The maximum Gasteiger partial charge on any atom is 0.321 e. The van der Waals surface area contributed by atoms with Crippen molar-refractivity contribution in [3.05, 3.63) is 42.5 Å². The van der Waals surface area contributed by atoms with E-state index in [9.17, 15) is 9.59 Å². The van der Waals surface area contributed by atoms with Crippen molar-refractivity contribution >= 4 is 29.6 Å². The zero-order chi connectivity index (χ0) is 21.3. The number of nitrogens with one attached hydrogen (secondary N) is 2. The van der Waals surface area contributed by atoms with E-state index in [0.29, 0.717) is 18.4 Å². The molecule has 0 aliphatic carbocycles. The monoisotopic (exact) mass is 430 g/mol. The number of carbonyl (C=O) groups is 2. The number of aromatic nitrogens is 3. The van der Waals surface area contributed by atoms with Crippen molar-refractivity contribution in [2.75, 3.05) is 43.5 Å². The maximum atomic E-state index is 12.2. The molecule has 0 atom stereocenters. The fourth-order valence-corrected chi connectivity index (χ4v) is 3.80. The van der Waals surface area contributed by atoms with Crippen molar-refractivity contribution in [3.63, 3.8) is 0 Å². The summed E-state index contributed by atoms with van der Waals surface area (Å²) in [6, 6.07) is 7.53. The summed E-state index contributed by atoms with van der Waals surface area (Å²) in [6.07, 6.45) is 2.39. The third kappa shape index (κ3) is 5.39. The van der Waals surface area contributed by atoms with Gasteiger partial charge in [0.05, 0.1) is 24.7 Å². The molecule has 2 aromatic rings. The molecule has 9 nitrogen and oxygen atoms in total. The van der Waals surface area contributed by atoms with Crippen LogP contribution in [0.15, 0.2) is 42.1 Å². The number of aryl methyl sites for hydroxylation is 1. The zero-order valence-corrected chi connectivity index (χ0v) is 17.8. The molecule has 2 heterocycles. The molecule has 1 aliphatic rings. The number of thioether (sulfide) groups is 1. The van der Waals surface area contributed by atoms with Gasteiger partial charge in [-0.3, -0.25) is 14.7 Å². The quantitative estimate of drug-likeness (QED) is 0.486. The van der Waals surface area contributed by atoms with Gasteiger partial charge in [0.15, 0.2) is 5.16 Å². The van der Waals surface area contributed by atoms with E-state index < -0.39 is 11.9 Å². The van der Waals surface area contributed by atoms with Crippen LogP contribution in [0.1, 0.15) is 12.5 Å². The summed E-state index contributed by atoms with van der Waals surface area (Å²) in [4.78, 5) is 26.0. The first-order valence-electron chi connectivity index (χ1n) is 9.81. The van der Waals surface area contributed by atoms with Gasteiger partial charge in [-0.2, -0.15) is 0 Å². The second-order valence-corrected chi connectivity index (χ2v) is 7.48. The first-order chi connectivity index (χ1) is 14.6. The number of hydrogen-bond acceptors (Lipinski definition) is 7. The first kappa shape index (κ1) is 21.8. The van der Waals surface area contributed by atoms with Crippen LogP contribution in [-0.4, -0.2) is 65.3 Å². The van der Waals surface area contributed by atoms with Gasteiger partial charge < -0.3 is 15.0 Å². The number of amides is 3. The number of hydrogen-bond donors (Lipinski definition) is 2. The second-order valence-electron chi connectivity index (χ2n) is 6.54. The van der Waals surface area contributed by atoms with Crippen molar-refractivity contribution in [3.8, 4) is 5.69 Å². The Hall–Kier alpha value is -2.85. The third-order valence-corrected chi connectivity index (χ3v) is 5.44. The van der Waals surface area contributed by atoms with E-state index in [1.807, 2.05) is 22.8 Å². The van der Waals surface area contributed by atoms with Gasteiger partial charge >= 0.3 is 6.03 Å². The average molecular weight is 431 g/mol. The number of para-hydroxylation sites is 1. The zero-order valence-electron chi connectivity index (χ0n) is 17.0. The van der Waals surface area contributed by atoms with Gasteiger partial charge in [-0.05, 0) is 18.1 Å². The average Bonchev–Trinajstić information content (AvgIpc) is 3.20. The van der Waals surface area contributed by atoms with Crippen LogP contribution in [0.3, 0.4) is 0 Å². The molecular weight excluding hydrogens is 404 g/mol. The summed E-state index contributed by atoms with van der Waals surface area (Å²) in [7, 11) is 0. The molecule has 0 unspecified atom stereocenters. The van der Waals surface area contributed by atoms with Gasteiger partial charge in [0, 0.05) is 19.6 Å². The molecule has 30 heavy (non-hydrogen) atoms. The van der Waals surface area contributed by atoms with E-state index in [4.69, 9.17) is 4.74 Å². The summed E-state index contributed by atoms with van der Waals surface area (Å²) in [5, 5.41) is 14.2. The number of ether oxygens (including phenoxy) is 1. The SMILES string of the molecule is C=CCNC(=O)NC(=O)CSc1nnc(N2CCOCC2)n1-c1ccccc1CC. The van der Waals surface area contributed by atoms with E-state index in [2.05, 4.69) is 45.3 Å². The molecule has 0 bridgehead atoms. The summed E-state index contributed by atoms with van der Waals surface area (Å²) < 4.78 is 7.45. The topological polar surface area (TPSA) is 101 Å². The van der Waals surface area contributed by atoms with E-state index in [0.717, 1.165) is 36.7 Å². The highest BCUT2D eigenvalue weighted by Gasteiger charge is 2.23. The van der Waals surface area contributed by atoms with Gasteiger partial charge in [-0.1, -0.05) is 43.0 Å². The van der Waals surface area contributed by atoms with Crippen LogP contribution >= 0.6 is 11.8 Å². The first-order valence-corrected chi connectivity index (χ1v) is 10.8. The van der Waals surface area contributed by atoms with E-state index >= 15 is 0 Å². The summed E-state index contributed by atoms with van der Waals surface area (Å²) in [5.74, 6) is 0.357. The van der Waals surface area contributed by atoms with Gasteiger partial charge in [0.1, 0.15) is 0 Å². The van der Waals surface area contributed by atoms with E-state index in [1.165, 1.54) is 11.8 Å². The number of nitrogens with zero attached hydrogens (tertiary/aromatic N) is 4. The van der Waals surface area contributed by atoms with Crippen molar-refractivity contribution in [1.82, 2.24) is 25.4 Å². The molecule has 0 saturated carbocycles. The summed E-state index contributed by atoms with van der Waals surface area (Å²) >= 11 is 1.24. The highest BCUT2D eigenvalue weighted by Crippen LogP contribution is 2.29. The Balaban J connectivity index is 1.82. The van der Waals surface area contributed by atoms with Crippen molar-refractivity contribution < 1.29 is 14.3 Å². The number of carbonyl (C=O) groups excluding carboxylic acids is 2. The molecule has 0 spiro atoms. The molecule has 3 rings (SSSR count). The Morgan fingerprint density at radius 3 is 2.77 bits per heavy atom. The highest BCUT2D eigenvalue weighted by molar-refractivity contribution is 7.99. The molecule has 3 amide bonds. The number of anilines is 1. The largest absolute Gasteiger partial charge is 0.378 e. The van der Waals surface area contributed by atoms with Crippen molar-refractivity contribution in [1.29, 1.82) is 0 Å². The smallest absolute Gasteiger partial charge is 0.321 e. The highest BCUT2D eigenvalue weighted by atomic mass is 32.2. The molecule has 1 aromatic carbocycles. The summed E-state index contributed by atoms with van der Waals surface area (Å²) in [6.45, 7) is 8.62. The standard InChI is InChI=1S/C20H26N6O3S/c1-3-9-21-18(28)22-17(27)14-30-20-24-23-19(25-10-12-29-13-11-25)26(20)16-8-6-5-7-15(16)4-2/h3,5-8H,1,4,9-14H2,2H3,(H2,21,22,27,28). The number of imide groups is 1. The lowest BCUT2D eigenvalue weighted by atomic mass is 10.1. The Labute approximate surface area is 179 Å². The number of benzene rings is 1. The third-order valence-electron chi connectivity index (χ3n) is 4.52. The lowest BCUT2D eigenvalue weighted by Gasteiger charge is -2.28.